The van der Waals surface area contributed by atoms with Gasteiger partial charge in [-0.1, -0.05) is 17.7 Å². The first-order valence-electron chi connectivity index (χ1n) is 8.03. The van der Waals surface area contributed by atoms with Crippen molar-refractivity contribution in [2.24, 2.45) is 0 Å². The zero-order chi connectivity index (χ0) is 19.4. The van der Waals surface area contributed by atoms with E-state index < -0.39 is 17.0 Å². The predicted octanol–water partition coefficient (Wildman–Crippen LogP) is 3.63. The van der Waals surface area contributed by atoms with Crippen molar-refractivity contribution in [3.05, 3.63) is 62.7 Å². The highest BCUT2D eigenvalue weighted by Crippen LogP contribution is 2.33. The molecule has 0 spiro atoms. The first-order valence-corrected chi connectivity index (χ1v) is 8.41. The molecule has 0 aliphatic carbocycles. The highest BCUT2D eigenvalue weighted by molar-refractivity contribution is 6.30. The summed E-state index contributed by atoms with van der Waals surface area (Å²) in [5.41, 5.74) is 0.799. The number of esters is 1. The van der Waals surface area contributed by atoms with E-state index in [2.05, 4.69) is 0 Å². The number of rotatable bonds is 6. The lowest BCUT2D eigenvalue weighted by atomic mass is 10.1. The van der Waals surface area contributed by atoms with Gasteiger partial charge in [-0.25, -0.2) is 4.79 Å². The van der Waals surface area contributed by atoms with Gasteiger partial charge in [-0.2, -0.15) is 0 Å². The summed E-state index contributed by atoms with van der Waals surface area (Å²) in [7, 11) is 0. The van der Waals surface area contributed by atoms with E-state index in [4.69, 9.17) is 30.5 Å². The number of non-ortho nitro benzene ring substituents is 1. The number of hydrogen-bond donors (Lipinski definition) is 0. The topological polar surface area (TPSA) is 97.1 Å². The van der Waals surface area contributed by atoms with Gasteiger partial charge in [-0.05, 0) is 25.1 Å². The van der Waals surface area contributed by atoms with Gasteiger partial charge in [0.05, 0.1) is 11.5 Å². The van der Waals surface area contributed by atoms with Crippen LogP contribution in [0.15, 0.2) is 36.4 Å². The van der Waals surface area contributed by atoms with Crippen molar-refractivity contribution in [1.82, 2.24) is 0 Å². The van der Waals surface area contributed by atoms with Crippen LogP contribution in [0.2, 0.25) is 5.02 Å². The van der Waals surface area contributed by atoms with Crippen molar-refractivity contribution < 1.29 is 28.7 Å². The average Bonchev–Trinajstić information content (AvgIpc) is 2.65. The fraction of sp³-hybridized carbons (Fsp3) is 0.278. The Hall–Kier alpha value is -2.84. The van der Waals surface area contributed by atoms with E-state index in [1.54, 1.807) is 24.3 Å². The smallest absolute Gasteiger partial charge is 0.347 e. The Kier molecular flexibility index (Phi) is 5.78. The second-order valence-electron chi connectivity index (χ2n) is 5.79. The second kappa shape index (κ2) is 8.24. The number of fused-ring (bicyclic) bond motifs is 1. The fourth-order valence-corrected chi connectivity index (χ4v) is 2.73. The molecule has 1 unspecified atom stereocenters. The molecule has 0 radical (unpaired) electrons. The van der Waals surface area contributed by atoms with Gasteiger partial charge in [-0.3, -0.25) is 10.1 Å². The van der Waals surface area contributed by atoms with E-state index in [-0.39, 0.29) is 25.7 Å². The van der Waals surface area contributed by atoms with Crippen molar-refractivity contribution in [3.63, 3.8) is 0 Å². The number of carbonyl (C=O) groups excluding carboxylic acids is 1. The Bertz CT molecular complexity index is 871. The van der Waals surface area contributed by atoms with Crippen LogP contribution in [0, 0.1) is 10.1 Å². The number of carbonyl (C=O) groups is 1. The largest absolute Gasteiger partial charge is 0.479 e. The molecule has 0 saturated heterocycles. The molecule has 3 rings (SSSR count). The summed E-state index contributed by atoms with van der Waals surface area (Å²) in [4.78, 5) is 22.8. The maximum absolute atomic E-state index is 12.2. The molecular weight excluding hydrogens is 378 g/mol. The Balaban J connectivity index is 1.69. The minimum atomic E-state index is -0.887. The molecule has 1 aliphatic rings. The monoisotopic (exact) mass is 393 g/mol. The normalized spacial score (nSPS) is 13.9. The standard InChI is InChI=1S/C18H16ClNO7/c1-11(27-16-4-2-3-14(19)7-16)18(21)25-9-13-6-15(20(22)23)5-12-8-24-10-26-17(12)13/h2-7,11H,8-10H2,1H3. The Morgan fingerprint density at radius 3 is 2.93 bits per heavy atom. The number of nitro benzene ring substituents is 1. The number of nitrogens with zero attached hydrogens (tertiary/aromatic N) is 1. The highest BCUT2D eigenvalue weighted by Gasteiger charge is 2.23. The van der Waals surface area contributed by atoms with Gasteiger partial charge in [-0.15, -0.1) is 0 Å². The van der Waals surface area contributed by atoms with Gasteiger partial charge in [0.15, 0.2) is 12.9 Å². The van der Waals surface area contributed by atoms with Gasteiger partial charge < -0.3 is 18.9 Å². The molecule has 0 bridgehead atoms. The van der Waals surface area contributed by atoms with Crippen molar-refractivity contribution in [1.29, 1.82) is 0 Å². The van der Waals surface area contributed by atoms with Crippen LogP contribution < -0.4 is 9.47 Å². The molecule has 1 atom stereocenters. The van der Waals surface area contributed by atoms with Crippen LogP contribution in [0.25, 0.3) is 0 Å². The quantitative estimate of drug-likeness (QED) is 0.420. The van der Waals surface area contributed by atoms with Gasteiger partial charge in [0, 0.05) is 28.3 Å². The summed E-state index contributed by atoms with van der Waals surface area (Å²) in [5.74, 6) is 0.241. The van der Waals surface area contributed by atoms with Crippen molar-refractivity contribution in [2.75, 3.05) is 6.79 Å². The Morgan fingerprint density at radius 1 is 1.37 bits per heavy atom. The molecule has 142 valence electrons. The molecule has 0 saturated carbocycles. The third-order valence-corrected chi connectivity index (χ3v) is 4.03. The van der Waals surface area contributed by atoms with Crippen LogP contribution in [0.3, 0.4) is 0 Å². The first-order chi connectivity index (χ1) is 12.9. The second-order valence-corrected chi connectivity index (χ2v) is 6.22. The van der Waals surface area contributed by atoms with Crippen molar-refractivity contribution >= 4 is 23.3 Å². The molecule has 2 aromatic carbocycles. The van der Waals surface area contributed by atoms with E-state index in [0.717, 1.165) is 0 Å². The number of nitro groups is 1. The predicted molar refractivity (Wildman–Crippen MR) is 94.7 cm³/mol. The molecule has 0 fully saturated rings. The number of ether oxygens (including phenoxy) is 4. The summed E-state index contributed by atoms with van der Waals surface area (Å²) in [6, 6.07) is 9.33. The van der Waals surface area contributed by atoms with E-state index in [0.29, 0.717) is 27.6 Å². The van der Waals surface area contributed by atoms with E-state index >= 15 is 0 Å². The lowest BCUT2D eigenvalue weighted by Crippen LogP contribution is -2.26. The molecule has 1 heterocycles. The Labute approximate surface area is 159 Å². The highest BCUT2D eigenvalue weighted by atomic mass is 35.5. The molecule has 2 aromatic rings. The van der Waals surface area contributed by atoms with Gasteiger partial charge >= 0.3 is 5.97 Å². The van der Waals surface area contributed by atoms with Gasteiger partial charge in [0.1, 0.15) is 18.1 Å². The summed E-state index contributed by atoms with van der Waals surface area (Å²) >= 11 is 5.88. The molecule has 0 N–H and O–H groups in total. The molecule has 27 heavy (non-hydrogen) atoms. The average molecular weight is 394 g/mol. The van der Waals surface area contributed by atoms with Crippen molar-refractivity contribution in [3.8, 4) is 11.5 Å². The Morgan fingerprint density at radius 2 is 2.19 bits per heavy atom. The summed E-state index contributed by atoms with van der Waals surface area (Å²) in [6.45, 7) is 1.56. The molecule has 0 amide bonds. The fourth-order valence-electron chi connectivity index (χ4n) is 2.55. The van der Waals surface area contributed by atoms with Crippen LogP contribution in [0.5, 0.6) is 11.5 Å². The van der Waals surface area contributed by atoms with Crippen LogP contribution in [-0.2, 0) is 27.5 Å². The summed E-state index contributed by atoms with van der Waals surface area (Å²) in [5, 5.41) is 11.6. The van der Waals surface area contributed by atoms with Crippen LogP contribution >= 0.6 is 11.6 Å². The molecular formula is C18H16ClNO7. The van der Waals surface area contributed by atoms with Gasteiger partial charge in [0.25, 0.3) is 5.69 Å². The number of hydrogen-bond acceptors (Lipinski definition) is 7. The summed E-state index contributed by atoms with van der Waals surface area (Å²) < 4.78 is 21.3. The summed E-state index contributed by atoms with van der Waals surface area (Å²) in [6.07, 6.45) is -0.887. The van der Waals surface area contributed by atoms with Crippen LogP contribution in [0.4, 0.5) is 5.69 Å². The minimum Gasteiger partial charge on any atom is -0.479 e. The molecule has 9 heteroatoms. The van der Waals surface area contributed by atoms with E-state index in [1.807, 2.05) is 0 Å². The zero-order valence-corrected chi connectivity index (χ0v) is 15.1. The van der Waals surface area contributed by atoms with Crippen LogP contribution in [0.1, 0.15) is 18.1 Å². The lowest BCUT2D eigenvalue weighted by molar-refractivity contribution is -0.385. The van der Waals surface area contributed by atoms with E-state index in [9.17, 15) is 14.9 Å². The van der Waals surface area contributed by atoms with Gasteiger partial charge in [0.2, 0.25) is 0 Å². The van der Waals surface area contributed by atoms with Crippen LogP contribution in [-0.4, -0.2) is 23.8 Å². The third kappa shape index (κ3) is 4.66. The number of halogens is 1. The third-order valence-electron chi connectivity index (χ3n) is 3.79. The first kappa shape index (κ1) is 18.9. The maximum atomic E-state index is 12.2. The number of benzene rings is 2. The molecule has 8 nitrogen and oxygen atoms in total. The molecule has 1 aliphatic heterocycles. The van der Waals surface area contributed by atoms with Crippen molar-refractivity contribution in [2.45, 2.75) is 26.2 Å². The van der Waals surface area contributed by atoms with E-state index in [1.165, 1.54) is 19.1 Å². The zero-order valence-electron chi connectivity index (χ0n) is 14.3. The maximum Gasteiger partial charge on any atom is 0.347 e. The SMILES string of the molecule is CC(Oc1cccc(Cl)c1)C(=O)OCc1cc([N+](=O)[O-])cc2c1OCOC2. The minimum absolute atomic E-state index is 0.0278. The molecule has 0 aromatic heterocycles. The lowest BCUT2D eigenvalue weighted by Gasteiger charge is -2.21.